The molecule has 0 spiro atoms. The number of fused-ring (bicyclic) bond motifs is 1. The van der Waals surface area contributed by atoms with E-state index in [2.05, 4.69) is 16.9 Å². The lowest BCUT2D eigenvalue weighted by molar-refractivity contribution is 0.563. The Bertz CT molecular complexity index is 1110. The van der Waals surface area contributed by atoms with Crippen molar-refractivity contribution in [2.24, 2.45) is 0 Å². The van der Waals surface area contributed by atoms with Gasteiger partial charge in [0.1, 0.15) is 0 Å². The van der Waals surface area contributed by atoms with Crippen molar-refractivity contribution in [3.8, 4) is 0 Å². The van der Waals surface area contributed by atoms with E-state index in [1.165, 1.54) is 17.3 Å². The minimum atomic E-state index is -3.18. The Kier molecular flexibility index (Phi) is 7.46. The topological polar surface area (TPSA) is 81.1 Å². The molecule has 3 rings (SSSR count). The van der Waals surface area contributed by atoms with Crippen molar-refractivity contribution in [1.29, 1.82) is 0 Å². The van der Waals surface area contributed by atoms with Crippen LogP contribution < -0.4 is 10.3 Å². The maximum Gasteiger partial charge on any atom is 0.262 e. The van der Waals surface area contributed by atoms with E-state index in [0.29, 0.717) is 41.3 Å². The van der Waals surface area contributed by atoms with Gasteiger partial charge in [0, 0.05) is 18.8 Å². The molecule has 29 heavy (non-hydrogen) atoms. The molecule has 0 radical (unpaired) electrons. The molecule has 2 aromatic carbocycles. The summed E-state index contributed by atoms with van der Waals surface area (Å²) in [6.45, 7) is 0.965. The molecule has 0 unspecified atom stereocenters. The number of nitrogens with zero attached hydrogens (tertiary/aromatic N) is 2. The van der Waals surface area contributed by atoms with Crippen LogP contribution in [0.3, 0.4) is 0 Å². The van der Waals surface area contributed by atoms with E-state index in [4.69, 9.17) is 4.98 Å². The Labute approximate surface area is 175 Å². The van der Waals surface area contributed by atoms with Gasteiger partial charge >= 0.3 is 0 Å². The van der Waals surface area contributed by atoms with Gasteiger partial charge in [-0.05, 0) is 37.0 Å². The first kappa shape index (κ1) is 21.5. The first-order valence-corrected chi connectivity index (χ1v) is 12.4. The minimum absolute atomic E-state index is 0.0274. The van der Waals surface area contributed by atoms with Crippen LogP contribution in [0.4, 0.5) is 0 Å². The quantitative estimate of drug-likeness (QED) is 0.303. The molecular weight excluding hydrogens is 406 g/mol. The fourth-order valence-corrected chi connectivity index (χ4v) is 4.51. The lowest BCUT2D eigenvalue weighted by Gasteiger charge is -2.13. The van der Waals surface area contributed by atoms with Gasteiger partial charge < -0.3 is 0 Å². The van der Waals surface area contributed by atoms with Gasteiger partial charge in [-0.25, -0.2) is 18.1 Å². The highest BCUT2D eigenvalue weighted by molar-refractivity contribution is 7.99. The van der Waals surface area contributed by atoms with E-state index < -0.39 is 10.0 Å². The lowest BCUT2D eigenvalue weighted by Crippen LogP contribution is -2.25. The molecule has 0 atom stereocenters. The van der Waals surface area contributed by atoms with E-state index in [1.54, 1.807) is 4.57 Å². The van der Waals surface area contributed by atoms with Gasteiger partial charge in [-0.15, -0.1) is 0 Å². The second-order valence-corrected chi connectivity index (χ2v) is 9.72. The second kappa shape index (κ2) is 10.0. The van der Waals surface area contributed by atoms with Crippen LogP contribution in [-0.4, -0.2) is 36.5 Å². The van der Waals surface area contributed by atoms with Gasteiger partial charge in [-0.2, -0.15) is 0 Å². The number of nitrogens with one attached hydrogen (secondary N) is 1. The fraction of sp³-hybridized carbons (Fsp3) is 0.333. The summed E-state index contributed by atoms with van der Waals surface area (Å²) in [5.74, 6) is 0.673. The number of hydrogen-bond donors (Lipinski definition) is 1. The Balaban J connectivity index is 1.73. The first-order valence-electron chi connectivity index (χ1n) is 9.55. The molecule has 0 bridgehead atoms. The monoisotopic (exact) mass is 431 g/mol. The lowest BCUT2D eigenvalue weighted by atomic mass is 10.1. The van der Waals surface area contributed by atoms with Gasteiger partial charge in [0.15, 0.2) is 5.16 Å². The van der Waals surface area contributed by atoms with Gasteiger partial charge in [-0.1, -0.05) is 54.2 Å². The third kappa shape index (κ3) is 6.42. The second-order valence-electron chi connectivity index (χ2n) is 6.83. The molecular formula is C21H25N3O3S2. The van der Waals surface area contributed by atoms with Crippen LogP contribution in [0.1, 0.15) is 18.4 Å². The molecule has 0 amide bonds. The SMILES string of the molecule is CS(=O)(=O)NCCCSc1nc2ccccc2c(=O)n1CCCc1ccccc1. The van der Waals surface area contributed by atoms with Crippen molar-refractivity contribution in [2.45, 2.75) is 31.0 Å². The molecule has 1 aromatic heterocycles. The number of hydrogen-bond acceptors (Lipinski definition) is 5. The van der Waals surface area contributed by atoms with E-state index >= 15 is 0 Å². The van der Waals surface area contributed by atoms with Crippen LogP contribution in [0.25, 0.3) is 10.9 Å². The largest absolute Gasteiger partial charge is 0.287 e. The van der Waals surface area contributed by atoms with Gasteiger partial charge in [0.2, 0.25) is 10.0 Å². The minimum Gasteiger partial charge on any atom is -0.287 e. The third-order valence-corrected chi connectivity index (χ3v) is 6.22. The molecule has 1 N–H and O–H groups in total. The number of rotatable bonds is 10. The highest BCUT2D eigenvalue weighted by Crippen LogP contribution is 2.19. The smallest absolute Gasteiger partial charge is 0.262 e. The van der Waals surface area contributed by atoms with Crippen molar-refractivity contribution in [2.75, 3.05) is 18.6 Å². The molecule has 0 aliphatic carbocycles. The number of aryl methyl sites for hydroxylation is 1. The Morgan fingerprint density at radius 2 is 1.76 bits per heavy atom. The van der Waals surface area contributed by atoms with E-state index in [0.717, 1.165) is 19.1 Å². The highest BCUT2D eigenvalue weighted by Gasteiger charge is 2.11. The molecule has 0 aliphatic heterocycles. The molecule has 1 heterocycles. The zero-order valence-corrected chi connectivity index (χ0v) is 18.0. The molecule has 0 aliphatic rings. The number of benzene rings is 2. The van der Waals surface area contributed by atoms with Crippen LogP contribution in [0.15, 0.2) is 64.5 Å². The molecule has 6 nitrogen and oxygen atoms in total. The summed E-state index contributed by atoms with van der Waals surface area (Å²) in [5.41, 5.74) is 1.91. The van der Waals surface area contributed by atoms with Crippen molar-refractivity contribution in [3.63, 3.8) is 0 Å². The van der Waals surface area contributed by atoms with Crippen molar-refractivity contribution < 1.29 is 8.42 Å². The van der Waals surface area contributed by atoms with Crippen LogP contribution in [0.2, 0.25) is 0 Å². The fourth-order valence-electron chi connectivity index (χ4n) is 3.03. The van der Waals surface area contributed by atoms with E-state index in [-0.39, 0.29) is 5.56 Å². The predicted octanol–water partition coefficient (Wildman–Crippen LogP) is 3.06. The molecule has 3 aromatic rings. The van der Waals surface area contributed by atoms with Crippen molar-refractivity contribution in [3.05, 3.63) is 70.5 Å². The van der Waals surface area contributed by atoms with Gasteiger partial charge in [0.25, 0.3) is 5.56 Å². The number of para-hydroxylation sites is 1. The molecule has 0 saturated carbocycles. The number of aromatic nitrogens is 2. The van der Waals surface area contributed by atoms with E-state index in [9.17, 15) is 13.2 Å². The number of sulfonamides is 1. The molecule has 8 heteroatoms. The maximum atomic E-state index is 13.0. The first-order chi connectivity index (χ1) is 13.9. The van der Waals surface area contributed by atoms with Crippen molar-refractivity contribution >= 4 is 32.7 Å². The summed E-state index contributed by atoms with van der Waals surface area (Å²) in [5, 5.41) is 1.30. The Hall–Kier alpha value is -2.16. The Morgan fingerprint density at radius 1 is 1.03 bits per heavy atom. The van der Waals surface area contributed by atoms with Crippen LogP contribution in [0.5, 0.6) is 0 Å². The summed E-state index contributed by atoms with van der Waals surface area (Å²) in [7, 11) is -3.18. The molecule has 0 fully saturated rings. The van der Waals surface area contributed by atoms with E-state index in [1.807, 2.05) is 42.5 Å². The average Bonchev–Trinajstić information content (AvgIpc) is 2.70. The third-order valence-electron chi connectivity index (χ3n) is 4.43. The van der Waals surface area contributed by atoms with Crippen molar-refractivity contribution in [1.82, 2.24) is 14.3 Å². The predicted molar refractivity (Wildman–Crippen MR) is 119 cm³/mol. The summed E-state index contributed by atoms with van der Waals surface area (Å²) in [6.07, 6.45) is 3.54. The summed E-state index contributed by atoms with van der Waals surface area (Å²) >= 11 is 1.49. The maximum absolute atomic E-state index is 13.0. The highest BCUT2D eigenvalue weighted by atomic mass is 32.2. The normalized spacial score (nSPS) is 11.8. The van der Waals surface area contributed by atoms with Gasteiger partial charge in [-0.3, -0.25) is 9.36 Å². The van der Waals surface area contributed by atoms with Crippen LogP contribution in [0, 0.1) is 0 Å². The molecule has 0 saturated heterocycles. The molecule has 154 valence electrons. The standard InChI is InChI=1S/C21H25N3O3S2/c1-29(26,27)22-14-8-16-28-21-23-19-13-6-5-12-18(19)20(25)24(21)15-7-11-17-9-3-2-4-10-17/h2-6,9-10,12-13,22H,7-8,11,14-16H2,1H3. The van der Waals surface area contributed by atoms with Crippen LogP contribution >= 0.6 is 11.8 Å². The summed E-state index contributed by atoms with van der Waals surface area (Å²) in [6, 6.07) is 17.6. The summed E-state index contributed by atoms with van der Waals surface area (Å²) in [4.78, 5) is 17.7. The zero-order valence-electron chi connectivity index (χ0n) is 16.4. The Morgan fingerprint density at radius 3 is 2.52 bits per heavy atom. The zero-order chi connectivity index (χ0) is 20.7. The van der Waals surface area contributed by atoms with Gasteiger partial charge in [0.05, 0.1) is 17.2 Å². The average molecular weight is 432 g/mol. The summed E-state index contributed by atoms with van der Waals surface area (Å²) < 4.78 is 26.6. The van der Waals surface area contributed by atoms with Crippen LogP contribution in [-0.2, 0) is 23.0 Å². The number of thioether (sulfide) groups is 1.